The second kappa shape index (κ2) is 4.57. The molecule has 1 unspecified atom stereocenters. The van der Waals surface area contributed by atoms with Crippen molar-refractivity contribution < 1.29 is 4.79 Å². The van der Waals surface area contributed by atoms with E-state index in [0.29, 0.717) is 6.54 Å². The van der Waals surface area contributed by atoms with Gasteiger partial charge in [-0.15, -0.1) is 0 Å². The number of carbonyl (C=O) groups is 1. The van der Waals surface area contributed by atoms with Crippen molar-refractivity contribution >= 4 is 17.7 Å². The Balaban J connectivity index is 1.83. The highest BCUT2D eigenvalue weighted by Gasteiger charge is 2.43. The second-order valence-electron chi connectivity index (χ2n) is 5.42. The molecule has 4 heteroatoms. The lowest BCUT2D eigenvalue weighted by Crippen LogP contribution is -2.52. The average molecular weight is 242 g/mol. The third-order valence-corrected chi connectivity index (χ3v) is 5.64. The van der Waals surface area contributed by atoms with Crippen molar-refractivity contribution in [2.75, 3.05) is 18.8 Å². The van der Waals surface area contributed by atoms with E-state index in [1.165, 1.54) is 18.6 Å². The molecule has 1 heterocycles. The lowest BCUT2D eigenvalue weighted by molar-refractivity contribution is -0.135. The molecule has 1 aliphatic heterocycles. The summed E-state index contributed by atoms with van der Waals surface area (Å²) in [6, 6.07) is 0. The van der Waals surface area contributed by atoms with Crippen LogP contribution in [0, 0.1) is 5.41 Å². The second-order valence-corrected chi connectivity index (χ2v) is 7.11. The van der Waals surface area contributed by atoms with Gasteiger partial charge in [0.2, 0.25) is 5.91 Å². The van der Waals surface area contributed by atoms with Gasteiger partial charge in [-0.3, -0.25) is 4.79 Å². The van der Waals surface area contributed by atoms with Gasteiger partial charge in [0.25, 0.3) is 0 Å². The van der Waals surface area contributed by atoms with E-state index < -0.39 is 0 Å². The van der Waals surface area contributed by atoms with Crippen molar-refractivity contribution in [1.29, 1.82) is 0 Å². The molecule has 0 radical (unpaired) electrons. The molecule has 0 aromatic carbocycles. The zero-order valence-corrected chi connectivity index (χ0v) is 10.9. The third kappa shape index (κ3) is 2.23. The number of carbonyl (C=O) groups excluding carboxylic acids is 1. The van der Waals surface area contributed by atoms with Crippen LogP contribution in [0.15, 0.2) is 0 Å². The van der Waals surface area contributed by atoms with Crippen LogP contribution in [0.1, 0.15) is 39.0 Å². The smallest absolute Gasteiger partial charge is 0.227 e. The van der Waals surface area contributed by atoms with Crippen molar-refractivity contribution in [3.8, 4) is 0 Å². The lowest BCUT2D eigenvalue weighted by Gasteiger charge is -2.39. The van der Waals surface area contributed by atoms with Crippen molar-refractivity contribution in [1.82, 2.24) is 5.32 Å². The molecular formula is C12H22N2OS. The van der Waals surface area contributed by atoms with Gasteiger partial charge in [0.15, 0.2) is 0 Å². The highest BCUT2D eigenvalue weighted by Crippen LogP contribution is 2.41. The van der Waals surface area contributed by atoms with E-state index in [4.69, 9.17) is 5.73 Å². The maximum Gasteiger partial charge on any atom is 0.227 e. The Morgan fingerprint density at radius 1 is 1.38 bits per heavy atom. The summed E-state index contributed by atoms with van der Waals surface area (Å²) in [6.07, 6.45) is 5.58. The maximum absolute atomic E-state index is 12.1. The molecule has 2 aliphatic rings. The summed E-state index contributed by atoms with van der Waals surface area (Å²) in [7, 11) is 0. The Labute approximate surface area is 102 Å². The van der Waals surface area contributed by atoms with Crippen LogP contribution < -0.4 is 11.1 Å². The normalized spacial score (nSPS) is 32.1. The van der Waals surface area contributed by atoms with Crippen molar-refractivity contribution in [2.24, 2.45) is 11.1 Å². The number of rotatable bonds is 4. The fourth-order valence-corrected chi connectivity index (χ4v) is 3.80. The molecule has 0 spiro atoms. The van der Waals surface area contributed by atoms with Crippen LogP contribution in [0.5, 0.6) is 0 Å². The van der Waals surface area contributed by atoms with Gasteiger partial charge in [0.05, 0.1) is 5.41 Å². The van der Waals surface area contributed by atoms with E-state index in [9.17, 15) is 4.79 Å². The molecule has 3 nitrogen and oxygen atoms in total. The standard InChI is InChI=1S/C12H22N2OS/c1-11(4-3-7-16-11)9-14-10(15)12(8-13)5-2-6-12/h2-9,13H2,1H3,(H,14,15). The summed E-state index contributed by atoms with van der Waals surface area (Å²) in [6.45, 7) is 3.56. The molecule has 1 aliphatic carbocycles. The van der Waals surface area contributed by atoms with Gasteiger partial charge in [0, 0.05) is 17.8 Å². The highest BCUT2D eigenvalue weighted by molar-refractivity contribution is 8.00. The molecule has 16 heavy (non-hydrogen) atoms. The Hall–Kier alpha value is -0.220. The van der Waals surface area contributed by atoms with E-state index in [2.05, 4.69) is 12.2 Å². The third-order valence-electron chi connectivity index (χ3n) is 4.11. The highest BCUT2D eigenvalue weighted by atomic mass is 32.2. The monoisotopic (exact) mass is 242 g/mol. The number of thioether (sulfide) groups is 1. The van der Waals surface area contributed by atoms with E-state index in [1.54, 1.807) is 0 Å². The SMILES string of the molecule is CC1(CNC(=O)C2(CN)CCC2)CCCS1. The van der Waals surface area contributed by atoms with E-state index >= 15 is 0 Å². The molecule has 92 valence electrons. The van der Waals surface area contributed by atoms with Crippen LogP contribution in [0.4, 0.5) is 0 Å². The zero-order valence-electron chi connectivity index (χ0n) is 10.1. The Morgan fingerprint density at radius 2 is 2.12 bits per heavy atom. The average Bonchev–Trinajstić information content (AvgIpc) is 2.62. The summed E-state index contributed by atoms with van der Waals surface area (Å²) >= 11 is 1.98. The summed E-state index contributed by atoms with van der Waals surface area (Å²) < 4.78 is 0.259. The van der Waals surface area contributed by atoms with Gasteiger partial charge < -0.3 is 11.1 Å². The first-order valence-electron chi connectivity index (χ1n) is 6.23. The van der Waals surface area contributed by atoms with Crippen LogP contribution >= 0.6 is 11.8 Å². The summed E-state index contributed by atoms with van der Waals surface area (Å²) in [5, 5.41) is 3.12. The minimum absolute atomic E-state index is 0.190. The van der Waals surface area contributed by atoms with Crippen LogP contribution in [0.25, 0.3) is 0 Å². The summed E-state index contributed by atoms with van der Waals surface area (Å²) in [5.41, 5.74) is 5.50. The fourth-order valence-electron chi connectivity index (χ4n) is 2.56. The van der Waals surface area contributed by atoms with E-state index in [0.717, 1.165) is 25.8 Å². The van der Waals surface area contributed by atoms with E-state index in [-0.39, 0.29) is 16.1 Å². The Kier molecular flexibility index (Phi) is 3.50. The van der Waals surface area contributed by atoms with Gasteiger partial charge in [-0.2, -0.15) is 11.8 Å². The van der Waals surface area contributed by atoms with Gasteiger partial charge in [0.1, 0.15) is 0 Å². The molecule has 0 bridgehead atoms. The van der Waals surface area contributed by atoms with Gasteiger partial charge in [-0.05, 0) is 38.4 Å². The molecule has 0 aromatic rings. The zero-order chi connectivity index (χ0) is 11.6. The van der Waals surface area contributed by atoms with Crippen molar-refractivity contribution in [3.63, 3.8) is 0 Å². The molecule has 0 aromatic heterocycles. The molecule has 2 rings (SSSR count). The molecule has 3 N–H and O–H groups in total. The van der Waals surface area contributed by atoms with Crippen molar-refractivity contribution in [3.05, 3.63) is 0 Å². The fraction of sp³-hybridized carbons (Fsp3) is 0.917. The number of nitrogens with one attached hydrogen (secondary N) is 1. The van der Waals surface area contributed by atoms with Gasteiger partial charge in [-0.1, -0.05) is 6.42 Å². The number of hydrogen-bond donors (Lipinski definition) is 2. The molecule has 1 saturated carbocycles. The quantitative estimate of drug-likeness (QED) is 0.786. The largest absolute Gasteiger partial charge is 0.354 e. The van der Waals surface area contributed by atoms with Crippen molar-refractivity contribution in [2.45, 2.75) is 43.8 Å². The van der Waals surface area contributed by atoms with Crippen LogP contribution in [0.3, 0.4) is 0 Å². The molecule has 1 amide bonds. The minimum Gasteiger partial charge on any atom is -0.354 e. The van der Waals surface area contributed by atoms with Gasteiger partial charge >= 0.3 is 0 Å². The predicted molar refractivity (Wildman–Crippen MR) is 68.4 cm³/mol. The summed E-state index contributed by atoms with van der Waals surface area (Å²) in [5.74, 6) is 1.42. The topological polar surface area (TPSA) is 55.1 Å². The first kappa shape index (κ1) is 12.2. The number of hydrogen-bond acceptors (Lipinski definition) is 3. The molecule has 2 fully saturated rings. The lowest BCUT2D eigenvalue weighted by atomic mass is 9.68. The van der Waals surface area contributed by atoms with Crippen LogP contribution in [-0.4, -0.2) is 29.5 Å². The predicted octanol–water partition coefficient (Wildman–Crippen LogP) is 1.52. The van der Waals surface area contributed by atoms with Gasteiger partial charge in [-0.25, -0.2) is 0 Å². The Morgan fingerprint density at radius 3 is 2.56 bits per heavy atom. The molecule has 1 saturated heterocycles. The van der Waals surface area contributed by atoms with Crippen LogP contribution in [0.2, 0.25) is 0 Å². The summed E-state index contributed by atoms with van der Waals surface area (Å²) in [4.78, 5) is 12.1. The minimum atomic E-state index is -0.223. The first-order valence-corrected chi connectivity index (χ1v) is 7.21. The number of amides is 1. The molecule has 1 atom stereocenters. The van der Waals surface area contributed by atoms with E-state index in [1.807, 2.05) is 11.8 Å². The number of nitrogens with two attached hydrogens (primary N) is 1. The maximum atomic E-state index is 12.1. The first-order chi connectivity index (χ1) is 7.60. The molecular weight excluding hydrogens is 220 g/mol. The Bertz CT molecular complexity index is 265. The van der Waals surface area contributed by atoms with Crippen LogP contribution in [-0.2, 0) is 4.79 Å².